The molecule has 2 aromatic rings. The molecule has 2 atom stereocenters. The maximum absolute atomic E-state index is 12.0. The van der Waals surface area contributed by atoms with Gasteiger partial charge in [0, 0.05) is 24.0 Å². The molecule has 1 aromatic carbocycles. The molecule has 0 radical (unpaired) electrons. The maximum atomic E-state index is 12.0. The van der Waals surface area contributed by atoms with E-state index in [0.717, 1.165) is 29.3 Å². The zero-order chi connectivity index (χ0) is 23.5. The van der Waals surface area contributed by atoms with Crippen LogP contribution in [0.1, 0.15) is 52.0 Å². The molecule has 8 heteroatoms. The van der Waals surface area contributed by atoms with Gasteiger partial charge in [-0.2, -0.15) is 0 Å². The van der Waals surface area contributed by atoms with Crippen molar-refractivity contribution >= 4 is 28.6 Å². The standard InChI is InChI=1S/C24H33ClN2O5/c1-24(2,3)32-23(30)27-15-7-5-14(6-8-15)22(29)21(28)12-17-18-11-16(31-4)9-10-20(18)26-13-19(17)25/h9-11,13-15,21-22,28-29H,5-8,12H2,1-4H3,(H,27,30)/t14-,15-,21?,22?. The molecule has 1 aromatic heterocycles. The lowest BCUT2D eigenvalue weighted by Crippen LogP contribution is -2.43. The van der Waals surface area contributed by atoms with Gasteiger partial charge in [0.25, 0.3) is 0 Å². The molecule has 7 nitrogen and oxygen atoms in total. The SMILES string of the molecule is COc1ccc2ncc(Cl)c(CC(O)C(O)[C@H]3CC[C@H](NC(=O)OC(C)(C)C)CC3)c2c1. The summed E-state index contributed by atoms with van der Waals surface area (Å²) in [6.07, 6.45) is 2.37. The lowest BCUT2D eigenvalue weighted by Gasteiger charge is -2.34. The molecule has 176 valence electrons. The highest BCUT2D eigenvalue weighted by Gasteiger charge is 2.32. The summed E-state index contributed by atoms with van der Waals surface area (Å²) in [4.78, 5) is 16.3. The third-order valence-electron chi connectivity index (χ3n) is 5.92. The molecule has 0 bridgehead atoms. The average Bonchev–Trinajstić information content (AvgIpc) is 2.74. The Morgan fingerprint density at radius 2 is 1.94 bits per heavy atom. The first-order valence-electron chi connectivity index (χ1n) is 11.0. The van der Waals surface area contributed by atoms with E-state index in [4.69, 9.17) is 21.1 Å². The fourth-order valence-electron chi connectivity index (χ4n) is 4.26. The summed E-state index contributed by atoms with van der Waals surface area (Å²) in [5.41, 5.74) is 0.951. The average molecular weight is 465 g/mol. The summed E-state index contributed by atoms with van der Waals surface area (Å²) in [7, 11) is 1.59. The van der Waals surface area contributed by atoms with Gasteiger partial charge in [-0.15, -0.1) is 0 Å². The number of hydrogen-bond acceptors (Lipinski definition) is 6. The number of carbonyl (C=O) groups is 1. The van der Waals surface area contributed by atoms with Crippen molar-refractivity contribution in [2.75, 3.05) is 7.11 Å². The lowest BCUT2D eigenvalue weighted by molar-refractivity contribution is -0.0287. The molecular weight excluding hydrogens is 432 g/mol. The Labute approximate surface area is 194 Å². The maximum Gasteiger partial charge on any atom is 0.407 e. The molecule has 2 unspecified atom stereocenters. The topological polar surface area (TPSA) is 101 Å². The van der Waals surface area contributed by atoms with Gasteiger partial charge in [-0.25, -0.2) is 4.79 Å². The van der Waals surface area contributed by atoms with E-state index in [9.17, 15) is 15.0 Å². The Morgan fingerprint density at radius 1 is 1.25 bits per heavy atom. The smallest absolute Gasteiger partial charge is 0.407 e. The van der Waals surface area contributed by atoms with Crippen LogP contribution in [0.4, 0.5) is 4.79 Å². The molecule has 1 aliphatic carbocycles. The summed E-state index contributed by atoms with van der Waals surface area (Å²) < 4.78 is 10.6. The molecule has 32 heavy (non-hydrogen) atoms. The van der Waals surface area contributed by atoms with Gasteiger partial charge in [-0.1, -0.05) is 11.6 Å². The second kappa shape index (κ2) is 10.2. The molecule has 1 saturated carbocycles. The van der Waals surface area contributed by atoms with Gasteiger partial charge >= 0.3 is 6.09 Å². The predicted molar refractivity (Wildman–Crippen MR) is 124 cm³/mol. The van der Waals surface area contributed by atoms with Gasteiger partial charge in [-0.3, -0.25) is 4.98 Å². The van der Waals surface area contributed by atoms with Gasteiger partial charge < -0.3 is 25.0 Å². The minimum atomic E-state index is -0.968. The zero-order valence-electron chi connectivity index (χ0n) is 19.1. The summed E-state index contributed by atoms with van der Waals surface area (Å²) >= 11 is 6.40. The molecule has 1 amide bonds. The number of amides is 1. The number of fused-ring (bicyclic) bond motifs is 1. The molecule has 0 saturated heterocycles. The van der Waals surface area contributed by atoms with Crippen LogP contribution in [0, 0.1) is 5.92 Å². The van der Waals surface area contributed by atoms with Crippen LogP contribution in [0.15, 0.2) is 24.4 Å². The van der Waals surface area contributed by atoms with Crippen molar-refractivity contribution in [2.45, 2.75) is 76.7 Å². The summed E-state index contributed by atoms with van der Waals surface area (Å²) in [5.74, 6) is 0.622. The quantitative estimate of drug-likeness (QED) is 0.591. The third kappa shape index (κ3) is 6.24. The third-order valence-corrected chi connectivity index (χ3v) is 6.24. The van der Waals surface area contributed by atoms with E-state index in [0.29, 0.717) is 23.6 Å². The van der Waals surface area contributed by atoms with Gasteiger partial charge in [0.05, 0.1) is 29.9 Å². The molecular formula is C24H33ClN2O5. The Hall–Kier alpha value is -2.09. The molecule has 0 aliphatic heterocycles. The second-order valence-corrected chi connectivity index (χ2v) is 9.89. The minimum Gasteiger partial charge on any atom is -0.497 e. The van der Waals surface area contributed by atoms with Crippen molar-refractivity contribution in [1.29, 1.82) is 0 Å². The fraction of sp³-hybridized carbons (Fsp3) is 0.583. The van der Waals surface area contributed by atoms with Gasteiger partial charge in [-0.05, 0) is 76.1 Å². The highest BCUT2D eigenvalue weighted by molar-refractivity contribution is 6.32. The first kappa shape index (κ1) is 24.6. The number of pyridine rings is 1. The van der Waals surface area contributed by atoms with Crippen LogP contribution < -0.4 is 10.1 Å². The second-order valence-electron chi connectivity index (χ2n) is 9.49. The number of hydrogen-bond donors (Lipinski definition) is 3. The van der Waals surface area contributed by atoms with Crippen LogP contribution in [0.5, 0.6) is 5.75 Å². The lowest BCUT2D eigenvalue weighted by atomic mass is 9.80. The van der Waals surface area contributed by atoms with E-state index in [2.05, 4.69) is 10.3 Å². The highest BCUT2D eigenvalue weighted by Crippen LogP contribution is 2.32. The van der Waals surface area contributed by atoms with Crippen molar-refractivity contribution in [3.63, 3.8) is 0 Å². The number of alkyl carbamates (subject to hydrolysis) is 1. The van der Waals surface area contributed by atoms with Crippen molar-refractivity contribution in [1.82, 2.24) is 10.3 Å². The largest absolute Gasteiger partial charge is 0.497 e. The fourth-order valence-corrected chi connectivity index (χ4v) is 4.49. The number of aliphatic hydroxyl groups is 2. The van der Waals surface area contributed by atoms with E-state index in [-0.39, 0.29) is 18.4 Å². The normalized spacial score (nSPS) is 21.1. The van der Waals surface area contributed by atoms with Gasteiger partial charge in [0.1, 0.15) is 11.4 Å². The van der Waals surface area contributed by atoms with Crippen molar-refractivity contribution in [2.24, 2.45) is 5.92 Å². The van der Waals surface area contributed by atoms with Gasteiger partial charge in [0.15, 0.2) is 0 Å². The van der Waals surface area contributed by atoms with Crippen LogP contribution >= 0.6 is 11.6 Å². The van der Waals surface area contributed by atoms with E-state index in [1.165, 1.54) is 0 Å². The molecule has 0 spiro atoms. The molecule has 1 fully saturated rings. The van der Waals surface area contributed by atoms with Crippen molar-refractivity contribution in [3.05, 3.63) is 35.0 Å². The number of halogens is 1. The van der Waals surface area contributed by atoms with Crippen LogP contribution in [0.25, 0.3) is 10.9 Å². The number of benzene rings is 1. The number of ether oxygens (including phenoxy) is 2. The van der Waals surface area contributed by atoms with Crippen LogP contribution in [0.3, 0.4) is 0 Å². The van der Waals surface area contributed by atoms with E-state index in [1.807, 2.05) is 39.0 Å². The Morgan fingerprint density at radius 3 is 2.56 bits per heavy atom. The zero-order valence-corrected chi connectivity index (χ0v) is 19.9. The Bertz CT molecular complexity index is 938. The number of aliphatic hydroxyl groups excluding tert-OH is 2. The predicted octanol–water partition coefficient (Wildman–Crippen LogP) is 4.24. The number of nitrogens with one attached hydrogen (secondary N) is 1. The minimum absolute atomic E-state index is 0.0106. The first-order chi connectivity index (χ1) is 15.1. The summed E-state index contributed by atoms with van der Waals surface area (Å²) in [5, 5.41) is 25.8. The summed E-state index contributed by atoms with van der Waals surface area (Å²) in [6.45, 7) is 5.49. The van der Waals surface area contributed by atoms with Crippen LogP contribution in [-0.4, -0.2) is 52.3 Å². The molecule has 1 heterocycles. The Balaban J connectivity index is 1.61. The number of aromatic nitrogens is 1. The van der Waals surface area contributed by atoms with Crippen LogP contribution in [-0.2, 0) is 11.2 Å². The summed E-state index contributed by atoms with van der Waals surface area (Å²) in [6, 6.07) is 5.52. The molecule has 3 N–H and O–H groups in total. The first-order valence-corrected chi connectivity index (χ1v) is 11.4. The number of rotatable bonds is 6. The van der Waals surface area contributed by atoms with Crippen molar-refractivity contribution < 1.29 is 24.5 Å². The number of nitrogens with zero attached hydrogens (tertiary/aromatic N) is 1. The van der Waals surface area contributed by atoms with Crippen LogP contribution in [0.2, 0.25) is 5.02 Å². The Kier molecular flexibility index (Phi) is 7.85. The monoisotopic (exact) mass is 464 g/mol. The van der Waals surface area contributed by atoms with E-state index in [1.54, 1.807) is 13.3 Å². The van der Waals surface area contributed by atoms with Gasteiger partial charge in [0.2, 0.25) is 0 Å². The number of carbonyl (C=O) groups excluding carboxylic acids is 1. The molecule has 3 rings (SSSR count). The number of methoxy groups -OCH3 is 1. The van der Waals surface area contributed by atoms with E-state index >= 15 is 0 Å². The highest BCUT2D eigenvalue weighted by atomic mass is 35.5. The van der Waals surface area contributed by atoms with Crippen molar-refractivity contribution in [3.8, 4) is 5.75 Å². The van der Waals surface area contributed by atoms with E-state index < -0.39 is 23.9 Å². The molecule has 1 aliphatic rings.